The molecule has 0 aliphatic carbocycles. The maximum Gasteiger partial charge on any atom is 0.250 e. The van der Waals surface area contributed by atoms with E-state index in [0.717, 1.165) is 29.0 Å². The van der Waals surface area contributed by atoms with Crippen molar-refractivity contribution in [3.63, 3.8) is 0 Å². The molecule has 168 valence electrons. The van der Waals surface area contributed by atoms with Gasteiger partial charge in [0.1, 0.15) is 5.75 Å². The highest BCUT2D eigenvalue weighted by molar-refractivity contribution is 7.14. The summed E-state index contributed by atoms with van der Waals surface area (Å²) in [6.07, 6.45) is 4.24. The average Bonchev–Trinajstić information content (AvgIpc) is 3.25. The van der Waals surface area contributed by atoms with E-state index >= 15 is 0 Å². The molecule has 0 saturated carbocycles. The van der Waals surface area contributed by atoms with Crippen LogP contribution in [0, 0.1) is 0 Å². The number of carbonyl (C=O) groups excluding carboxylic acids is 1. The van der Waals surface area contributed by atoms with E-state index in [9.17, 15) is 4.79 Å². The molecule has 0 aliphatic rings. The Morgan fingerprint density at radius 3 is 2.62 bits per heavy atom. The summed E-state index contributed by atoms with van der Waals surface area (Å²) in [4.78, 5) is 16.8. The highest BCUT2D eigenvalue weighted by atomic mass is 32.1. The van der Waals surface area contributed by atoms with E-state index in [1.165, 1.54) is 17.4 Å². The Kier molecular flexibility index (Phi) is 8.27. The van der Waals surface area contributed by atoms with E-state index in [-0.39, 0.29) is 12.0 Å². The van der Waals surface area contributed by atoms with Crippen molar-refractivity contribution in [2.24, 2.45) is 0 Å². The summed E-state index contributed by atoms with van der Waals surface area (Å²) >= 11 is 1.38. The molecule has 0 radical (unpaired) electrons. The molecular weight excluding hydrogens is 424 g/mol. The zero-order valence-electron chi connectivity index (χ0n) is 18.8. The third-order valence-electron chi connectivity index (χ3n) is 4.33. The highest BCUT2D eigenvalue weighted by Gasteiger charge is 2.08. The number of nitrogens with one attached hydrogen (secondary N) is 1. The van der Waals surface area contributed by atoms with Gasteiger partial charge in [0.15, 0.2) is 16.6 Å². The van der Waals surface area contributed by atoms with Gasteiger partial charge in [-0.15, -0.1) is 11.3 Å². The van der Waals surface area contributed by atoms with Crippen LogP contribution in [0.15, 0.2) is 53.9 Å². The van der Waals surface area contributed by atoms with E-state index < -0.39 is 0 Å². The number of hydrogen-bond donors (Lipinski definition) is 1. The lowest BCUT2D eigenvalue weighted by molar-refractivity contribution is -0.111. The van der Waals surface area contributed by atoms with Gasteiger partial charge in [0, 0.05) is 17.0 Å². The minimum atomic E-state index is -0.253. The Morgan fingerprint density at radius 1 is 1.16 bits per heavy atom. The number of amides is 1. The molecule has 0 bridgehead atoms. The van der Waals surface area contributed by atoms with Crippen molar-refractivity contribution in [2.45, 2.75) is 33.3 Å². The van der Waals surface area contributed by atoms with Crippen LogP contribution in [0.25, 0.3) is 17.3 Å². The minimum absolute atomic E-state index is 0.128. The van der Waals surface area contributed by atoms with Gasteiger partial charge in [-0.3, -0.25) is 10.1 Å². The van der Waals surface area contributed by atoms with Crippen LogP contribution in [0.2, 0.25) is 0 Å². The van der Waals surface area contributed by atoms with E-state index in [0.29, 0.717) is 23.2 Å². The Bertz CT molecular complexity index is 1060. The number of nitrogens with zero attached hydrogens (tertiary/aromatic N) is 1. The first-order valence-electron chi connectivity index (χ1n) is 10.5. The number of benzene rings is 2. The number of hydrogen-bond acceptors (Lipinski definition) is 6. The second kappa shape index (κ2) is 11.3. The smallest absolute Gasteiger partial charge is 0.250 e. The highest BCUT2D eigenvalue weighted by Crippen LogP contribution is 2.29. The zero-order chi connectivity index (χ0) is 22.9. The lowest BCUT2D eigenvalue weighted by Gasteiger charge is -2.10. The predicted octanol–water partition coefficient (Wildman–Crippen LogP) is 6.05. The third-order valence-corrected chi connectivity index (χ3v) is 5.09. The van der Waals surface area contributed by atoms with Gasteiger partial charge in [-0.2, -0.15) is 0 Å². The first-order chi connectivity index (χ1) is 15.5. The third kappa shape index (κ3) is 6.59. The van der Waals surface area contributed by atoms with Gasteiger partial charge >= 0.3 is 0 Å². The number of rotatable bonds is 10. The largest absolute Gasteiger partial charge is 0.493 e. The number of aromatic nitrogens is 1. The lowest BCUT2D eigenvalue weighted by atomic mass is 10.2. The summed E-state index contributed by atoms with van der Waals surface area (Å²) in [5.41, 5.74) is 2.60. The van der Waals surface area contributed by atoms with Crippen LogP contribution in [-0.4, -0.2) is 30.7 Å². The summed E-state index contributed by atoms with van der Waals surface area (Å²) < 4.78 is 16.7. The van der Waals surface area contributed by atoms with Gasteiger partial charge in [0.05, 0.1) is 25.5 Å². The average molecular weight is 453 g/mol. The molecule has 3 aromatic rings. The molecule has 0 fully saturated rings. The van der Waals surface area contributed by atoms with Crippen LogP contribution in [0.4, 0.5) is 5.13 Å². The topological polar surface area (TPSA) is 69.7 Å². The van der Waals surface area contributed by atoms with Gasteiger partial charge < -0.3 is 14.2 Å². The second-order valence-corrected chi connectivity index (χ2v) is 8.17. The molecule has 3 rings (SSSR count). The Balaban J connectivity index is 1.61. The summed E-state index contributed by atoms with van der Waals surface area (Å²) in [7, 11) is 1.60. The van der Waals surface area contributed by atoms with Gasteiger partial charge in [-0.25, -0.2) is 4.98 Å². The second-order valence-electron chi connectivity index (χ2n) is 7.31. The van der Waals surface area contributed by atoms with Crippen molar-refractivity contribution >= 4 is 28.5 Å². The minimum Gasteiger partial charge on any atom is -0.493 e. The van der Waals surface area contributed by atoms with E-state index in [1.54, 1.807) is 13.2 Å². The number of anilines is 1. The van der Waals surface area contributed by atoms with Gasteiger partial charge in [-0.05, 0) is 68.3 Å². The van der Waals surface area contributed by atoms with Gasteiger partial charge in [0.25, 0.3) is 0 Å². The van der Waals surface area contributed by atoms with E-state index in [2.05, 4.69) is 10.3 Å². The van der Waals surface area contributed by atoms with Crippen LogP contribution in [0.3, 0.4) is 0 Å². The first-order valence-corrected chi connectivity index (χ1v) is 11.4. The first kappa shape index (κ1) is 23.3. The van der Waals surface area contributed by atoms with Crippen molar-refractivity contribution in [2.75, 3.05) is 19.0 Å². The summed E-state index contributed by atoms with van der Waals surface area (Å²) in [6, 6.07) is 13.3. The van der Waals surface area contributed by atoms with Crippen LogP contribution in [-0.2, 0) is 4.79 Å². The Hall–Kier alpha value is -3.32. The molecule has 1 N–H and O–H groups in total. The molecule has 32 heavy (non-hydrogen) atoms. The fourth-order valence-corrected chi connectivity index (χ4v) is 3.60. The van der Waals surface area contributed by atoms with Gasteiger partial charge in [-0.1, -0.05) is 13.0 Å². The molecule has 0 unspecified atom stereocenters. The van der Waals surface area contributed by atoms with Crippen molar-refractivity contribution in [1.82, 2.24) is 4.98 Å². The summed E-state index contributed by atoms with van der Waals surface area (Å²) in [5.74, 6) is 1.89. The maximum absolute atomic E-state index is 12.3. The summed E-state index contributed by atoms with van der Waals surface area (Å²) in [6.45, 7) is 6.66. The SMILES string of the molecule is CCCOc1ccc(/C=C/C(=O)Nc2nc(-c3ccc(OC(C)C)cc3)cs2)cc1OC. The molecule has 0 aliphatic heterocycles. The van der Waals surface area contributed by atoms with Crippen LogP contribution in [0.5, 0.6) is 17.2 Å². The molecule has 7 heteroatoms. The van der Waals surface area contributed by atoms with E-state index in [1.807, 2.05) is 68.6 Å². The number of carbonyl (C=O) groups is 1. The molecular formula is C25H28N2O4S. The molecule has 1 amide bonds. The monoisotopic (exact) mass is 452 g/mol. The molecule has 1 aromatic heterocycles. The predicted molar refractivity (Wildman–Crippen MR) is 130 cm³/mol. The van der Waals surface area contributed by atoms with Crippen molar-refractivity contribution in [3.05, 3.63) is 59.5 Å². The Morgan fingerprint density at radius 2 is 1.94 bits per heavy atom. The van der Waals surface area contributed by atoms with Crippen LogP contribution >= 0.6 is 11.3 Å². The van der Waals surface area contributed by atoms with Crippen LogP contribution < -0.4 is 19.5 Å². The molecule has 0 atom stereocenters. The quantitative estimate of drug-likeness (QED) is 0.379. The molecule has 0 spiro atoms. The maximum atomic E-state index is 12.3. The van der Waals surface area contributed by atoms with Gasteiger partial charge in [0.2, 0.25) is 5.91 Å². The van der Waals surface area contributed by atoms with Crippen molar-refractivity contribution in [1.29, 1.82) is 0 Å². The zero-order valence-corrected chi connectivity index (χ0v) is 19.6. The van der Waals surface area contributed by atoms with Crippen LogP contribution in [0.1, 0.15) is 32.8 Å². The van der Waals surface area contributed by atoms with E-state index in [4.69, 9.17) is 14.2 Å². The molecule has 2 aromatic carbocycles. The standard InChI is InChI=1S/C25H28N2O4S/c1-5-14-30-22-12-6-18(15-23(22)29-4)7-13-24(28)27-25-26-21(16-32-25)19-8-10-20(11-9-19)31-17(2)3/h6-13,15-17H,5,14H2,1-4H3,(H,26,27,28)/b13-7+. The molecule has 6 nitrogen and oxygen atoms in total. The number of ether oxygens (including phenoxy) is 3. The number of thiazole rings is 1. The molecule has 1 heterocycles. The normalized spacial score (nSPS) is 11.0. The fourth-order valence-electron chi connectivity index (χ4n) is 2.88. The summed E-state index contributed by atoms with van der Waals surface area (Å²) in [5, 5.41) is 5.26. The fraction of sp³-hybridized carbons (Fsp3) is 0.280. The van der Waals surface area contributed by atoms with Crippen molar-refractivity contribution < 1.29 is 19.0 Å². The molecule has 0 saturated heterocycles. The lowest BCUT2D eigenvalue weighted by Crippen LogP contribution is -2.07. The van der Waals surface area contributed by atoms with Crippen molar-refractivity contribution in [3.8, 4) is 28.5 Å². The number of methoxy groups -OCH3 is 1. The Labute approximate surface area is 192 Å².